The van der Waals surface area contributed by atoms with Gasteiger partial charge in [0.05, 0.1) is 51.1 Å². The van der Waals surface area contributed by atoms with Crippen LogP contribution in [0.4, 0.5) is 11.4 Å². The van der Waals surface area contributed by atoms with E-state index in [1.807, 2.05) is 27.7 Å². The maximum Gasteiger partial charge on any atom is 0.364 e. The summed E-state index contributed by atoms with van der Waals surface area (Å²) in [4.78, 5) is 28.7. The minimum Gasteiger partial charge on any atom is -0.549 e. The van der Waals surface area contributed by atoms with Gasteiger partial charge in [-0.1, -0.05) is 115 Å². The van der Waals surface area contributed by atoms with Gasteiger partial charge in [0.25, 0.3) is 10.1 Å². The first-order valence-corrected chi connectivity index (χ1v) is 28.9. The molecule has 398 valence electrons. The summed E-state index contributed by atoms with van der Waals surface area (Å²) in [7, 11) is -5.20. The molecule has 11 nitrogen and oxygen atoms in total. The summed E-state index contributed by atoms with van der Waals surface area (Å²) in [5.41, 5.74) is 10.1. The largest absolute Gasteiger partial charge is 0.549 e. The highest BCUT2D eigenvalue weighted by atomic mass is 32.2. The quantitative estimate of drug-likeness (QED) is 0.0508. The van der Waals surface area contributed by atoms with Crippen LogP contribution in [0.3, 0.4) is 0 Å². The average Bonchev–Trinajstić information content (AvgIpc) is 3.40. The lowest BCUT2D eigenvalue weighted by molar-refractivity contribution is -0.329. The molecule has 0 aliphatic heterocycles. The Morgan fingerprint density at radius 3 is 1.31 bits per heavy atom. The number of carbonyl (C=O) groups excluding carboxylic acids is 2. The third kappa shape index (κ3) is 13.5. The molecule has 2 aromatic heterocycles. The molecule has 0 radical (unpaired) electrons. The molecule has 0 saturated heterocycles. The van der Waals surface area contributed by atoms with Crippen LogP contribution in [0.25, 0.3) is 44.6 Å². The van der Waals surface area contributed by atoms with Crippen molar-refractivity contribution in [2.24, 2.45) is 17.3 Å². The van der Waals surface area contributed by atoms with Gasteiger partial charge in [0, 0.05) is 48.9 Å². The zero-order valence-electron chi connectivity index (χ0n) is 45.2. The number of rotatable bonds is 22. The molecule has 1 N–H and O–H groups in total. The predicted molar refractivity (Wildman–Crippen MR) is 298 cm³/mol. The molecule has 8 rings (SSSR count). The van der Waals surface area contributed by atoms with Crippen molar-refractivity contribution in [1.29, 1.82) is 0 Å². The van der Waals surface area contributed by atoms with Gasteiger partial charge < -0.3 is 29.6 Å². The molecule has 12 heteroatoms. The van der Waals surface area contributed by atoms with E-state index in [-0.39, 0.29) is 24.7 Å². The van der Waals surface area contributed by atoms with Crippen LogP contribution in [0.2, 0.25) is 0 Å². The van der Waals surface area contributed by atoms with Crippen LogP contribution in [0.5, 0.6) is 0 Å². The van der Waals surface area contributed by atoms with Crippen LogP contribution in [-0.2, 0) is 45.4 Å². The molecular formula is C62H80N2O9S. The number of hydrogen-bond donors (Lipinski definition) is 1. The summed E-state index contributed by atoms with van der Waals surface area (Å²) in [6.45, 7) is 20.5. The molecule has 0 fully saturated rings. The van der Waals surface area contributed by atoms with E-state index < -0.39 is 32.7 Å². The van der Waals surface area contributed by atoms with Crippen molar-refractivity contribution < 1.29 is 41.6 Å². The van der Waals surface area contributed by atoms with E-state index in [9.17, 15) is 32.8 Å². The summed E-state index contributed by atoms with van der Waals surface area (Å²) >= 11 is 0. The van der Waals surface area contributed by atoms with Crippen LogP contribution < -0.4 is 20.0 Å². The molecular weight excluding hydrogens is 949 g/mol. The van der Waals surface area contributed by atoms with E-state index in [4.69, 9.17) is 8.83 Å². The fourth-order valence-electron chi connectivity index (χ4n) is 11.3. The molecule has 2 aliphatic rings. The number of nitrogens with zero attached hydrogens (tertiary/aromatic N) is 2. The van der Waals surface area contributed by atoms with E-state index in [0.29, 0.717) is 25.7 Å². The van der Waals surface area contributed by atoms with E-state index in [1.165, 1.54) is 55.5 Å². The molecule has 0 amide bonds. The van der Waals surface area contributed by atoms with Crippen molar-refractivity contribution >= 4 is 55.4 Å². The Kier molecular flexibility index (Phi) is 20.6. The van der Waals surface area contributed by atoms with Crippen molar-refractivity contribution in [2.45, 2.75) is 151 Å². The first kappa shape index (κ1) is 57.4. The summed E-state index contributed by atoms with van der Waals surface area (Å²) in [5, 5.41) is 23.9. The van der Waals surface area contributed by atoms with Gasteiger partial charge in [-0.15, -0.1) is 0 Å². The Labute approximate surface area is 440 Å². The molecule has 3 unspecified atom stereocenters. The van der Waals surface area contributed by atoms with Gasteiger partial charge in [0.15, 0.2) is 0 Å². The Morgan fingerprint density at radius 1 is 0.581 bits per heavy atom. The highest BCUT2D eigenvalue weighted by Crippen LogP contribution is 2.44. The minimum absolute atomic E-state index is 0.174. The number of aliphatic carboxylic acids is 2. The van der Waals surface area contributed by atoms with Crippen molar-refractivity contribution in [2.75, 3.05) is 36.0 Å². The van der Waals surface area contributed by atoms with Crippen molar-refractivity contribution in [3.8, 4) is 22.6 Å². The van der Waals surface area contributed by atoms with E-state index in [0.717, 1.165) is 100 Å². The van der Waals surface area contributed by atoms with Crippen molar-refractivity contribution in [3.05, 3.63) is 119 Å². The van der Waals surface area contributed by atoms with Crippen LogP contribution in [0.15, 0.2) is 106 Å². The molecule has 74 heavy (non-hydrogen) atoms. The minimum atomic E-state index is -5.20. The molecule has 6 aromatic rings. The standard InChI is InChI=1S/2C21H22NO.C20H38O7S/c2*1-3-22(4-2)18-12-11-16-13-17-10-9-15-7-5-6-8-19(15)21(17)23-20(16)14-18;1-5-9-11-15(7-3)13-20(19(23)24,14-16(8-4)12-10-6-2)17(18(21)22)28(25,26)27/h2*5-8,11-14H,3-4,9-10H2,1-2H3;15-17H,5-14H2,1-4H3,(H,21,22)(H,23,24)(H,25,26,27)/q2*+1;/p-2. The topological polar surface area (TPSA) is 164 Å². The summed E-state index contributed by atoms with van der Waals surface area (Å²) in [6, 6.07) is 34.9. The van der Waals surface area contributed by atoms with Crippen molar-refractivity contribution in [1.82, 2.24) is 0 Å². The van der Waals surface area contributed by atoms with Crippen LogP contribution in [0, 0.1) is 17.3 Å². The summed E-state index contributed by atoms with van der Waals surface area (Å²) < 4.78 is 46.2. The first-order valence-electron chi connectivity index (χ1n) is 27.4. The number of unbranched alkanes of at least 4 members (excludes halogenated alkanes) is 2. The number of aryl methyl sites for hydroxylation is 4. The Bertz CT molecular complexity index is 2780. The lowest BCUT2D eigenvalue weighted by Crippen LogP contribution is -2.60. The van der Waals surface area contributed by atoms with E-state index >= 15 is 0 Å². The Morgan fingerprint density at radius 2 is 0.973 bits per heavy atom. The second kappa shape index (κ2) is 26.6. The summed E-state index contributed by atoms with van der Waals surface area (Å²) in [6.07, 6.45) is 9.82. The number of carboxylic acids is 2. The number of anilines is 2. The maximum absolute atomic E-state index is 12.3. The smallest absolute Gasteiger partial charge is 0.364 e. The molecule has 0 spiro atoms. The van der Waals surface area contributed by atoms with Gasteiger partial charge in [-0.2, -0.15) is 8.42 Å². The number of hydrogen-bond acceptors (Lipinski definition) is 8. The lowest BCUT2D eigenvalue weighted by Gasteiger charge is -2.44. The van der Waals surface area contributed by atoms with Gasteiger partial charge in [-0.05, 0) is 138 Å². The second-order valence-corrected chi connectivity index (χ2v) is 21.7. The average molecular weight is 1030 g/mol. The van der Waals surface area contributed by atoms with Crippen molar-refractivity contribution in [3.63, 3.8) is 0 Å². The molecule has 2 heterocycles. The molecule has 3 atom stereocenters. The predicted octanol–water partition coefficient (Wildman–Crippen LogP) is 12.6. The highest BCUT2D eigenvalue weighted by molar-refractivity contribution is 7.87. The van der Waals surface area contributed by atoms with Gasteiger partial charge in [0.1, 0.15) is 5.25 Å². The van der Waals surface area contributed by atoms with Crippen LogP contribution >= 0.6 is 0 Å². The van der Waals surface area contributed by atoms with Gasteiger partial charge in [-0.3, -0.25) is 4.55 Å². The lowest BCUT2D eigenvalue weighted by atomic mass is 9.68. The molecule has 0 saturated carbocycles. The number of benzene rings is 4. The van der Waals surface area contributed by atoms with Gasteiger partial charge >= 0.3 is 22.7 Å². The maximum atomic E-state index is 12.3. The Balaban J connectivity index is 0.000000181. The highest BCUT2D eigenvalue weighted by Gasteiger charge is 2.50. The Hall–Kier alpha value is -5.85. The third-order valence-electron chi connectivity index (χ3n) is 15.6. The zero-order valence-corrected chi connectivity index (χ0v) is 46.0. The third-order valence-corrected chi connectivity index (χ3v) is 16.8. The SMILES string of the molecule is CCCCC(CC)CC(CC(CC)CCCC)(C(=O)[O-])C(C(=O)[O-])S(=O)(=O)O.CCN(CC)c1ccc2cc3c([o+]c2c1)-c1ccccc1CC3.CCN(CC)c1ccc2cc3c([o+]c2c1)-c1ccccc1CC3. The van der Waals surface area contributed by atoms with E-state index in [1.54, 1.807) is 0 Å². The first-order chi connectivity index (χ1) is 35.6. The number of fused-ring (bicyclic) bond motifs is 8. The number of carbonyl (C=O) groups is 2. The fraction of sp³-hybridized carbons (Fsp3) is 0.484. The fourth-order valence-corrected chi connectivity index (χ4v) is 12.4. The molecule has 4 aromatic carbocycles. The molecule has 2 aliphatic carbocycles. The zero-order chi connectivity index (χ0) is 53.6. The van der Waals surface area contributed by atoms with Crippen LogP contribution in [0.1, 0.15) is 142 Å². The molecule has 0 bridgehead atoms. The normalized spacial score (nSPS) is 14.6. The van der Waals surface area contributed by atoms with E-state index in [2.05, 4.69) is 135 Å². The van der Waals surface area contributed by atoms with Gasteiger partial charge in [0.2, 0.25) is 0 Å². The number of carboxylic acid groups (broad SMARTS) is 2. The van der Waals surface area contributed by atoms with Crippen LogP contribution in [-0.4, -0.2) is 56.3 Å². The summed E-state index contributed by atoms with van der Waals surface area (Å²) in [5.74, 6) is -2.12. The van der Waals surface area contributed by atoms with Gasteiger partial charge in [-0.25, -0.2) is 8.83 Å². The monoisotopic (exact) mass is 1030 g/mol. The second-order valence-electron chi connectivity index (χ2n) is 20.2.